The van der Waals surface area contributed by atoms with Crippen LogP contribution in [0.25, 0.3) is 0 Å². The molecule has 0 heterocycles. The first kappa shape index (κ1) is 29.9. The van der Waals surface area contributed by atoms with Gasteiger partial charge in [-0.15, -0.1) is 0 Å². The predicted molar refractivity (Wildman–Crippen MR) is 149 cm³/mol. The van der Waals surface area contributed by atoms with E-state index in [0.29, 0.717) is 13.0 Å². The maximum atomic E-state index is 13.9. The second-order valence-electron chi connectivity index (χ2n) is 10.8. The van der Waals surface area contributed by atoms with Crippen molar-refractivity contribution >= 4 is 23.6 Å². The Bertz CT molecular complexity index is 1100. The number of hydrogen-bond acceptors (Lipinski definition) is 4. The van der Waals surface area contributed by atoms with Gasteiger partial charge in [0.15, 0.2) is 0 Å². The zero-order chi connectivity index (χ0) is 27.9. The molecule has 0 radical (unpaired) electrons. The van der Waals surface area contributed by atoms with Gasteiger partial charge < -0.3 is 20.3 Å². The van der Waals surface area contributed by atoms with E-state index in [9.17, 15) is 14.4 Å². The van der Waals surface area contributed by atoms with Crippen molar-refractivity contribution in [3.63, 3.8) is 0 Å². The summed E-state index contributed by atoms with van der Waals surface area (Å²) < 4.78 is 5.35. The minimum absolute atomic E-state index is 0.297. The molecule has 0 aromatic heterocycles. The third-order valence-electron chi connectivity index (χ3n) is 6.28. The van der Waals surface area contributed by atoms with Crippen LogP contribution in [0.2, 0.25) is 0 Å². The summed E-state index contributed by atoms with van der Waals surface area (Å²) in [7, 11) is 0. The summed E-state index contributed by atoms with van der Waals surface area (Å²) in [4.78, 5) is 41.7. The number of anilines is 1. The van der Waals surface area contributed by atoms with E-state index in [1.807, 2.05) is 71.0 Å². The smallest absolute Gasteiger partial charge is 0.408 e. The average Bonchev–Trinajstić information content (AvgIpc) is 2.79. The topological polar surface area (TPSA) is 87.7 Å². The molecule has 0 bridgehead atoms. The molecule has 0 aliphatic rings. The van der Waals surface area contributed by atoms with Gasteiger partial charge in [0.05, 0.1) is 0 Å². The second-order valence-corrected chi connectivity index (χ2v) is 10.8. The number of amides is 3. The van der Waals surface area contributed by atoms with Crippen LogP contribution in [0.4, 0.5) is 10.5 Å². The highest BCUT2D eigenvalue weighted by atomic mass is 16.6. The van der Waals surface area contributed by atoms with Crippen LogP contribution in [0.3, 0.4) is 0 Å². The quantitative estimate of drug-likeness (QED) is 0.425. The van der Waals surface area contributed by atoms with Gasteiger partial charge in [-0.2, -0.15) is 0 Å². The molecule has 202 valence electrons. The van der Waals surface area contributed by atoms with E-state index >= 15 is 0 Å². The Morgan fingerprint density at radius 1 is 0.946 bits per heavy atom. The van der Waals surface area contributed by atoms with Gasteiger partial charge in [0.2, 0.25) is 5.91 Å². The van der Waals surface area contributed by atoms with E-state index in [-0.39, 0.29) is 11.8 Å². The van der Waals surface area contributed by atoms with E-state index < -0.39 is 23.8 Å². The molecule has 7 nitrogen and oxygen atoms in total. The Labute approximate surface area is 222 Å². The molecule has 2 aromatic carbocycles. The third kappa shape index (κ3) is 8.34. The van der Waals surface area contributed by atoms with E-state index in [1.54, 1.807) is 32.6 Å². The molecule has 0 saturated heterocycles. The highest BCUT2D eigenvalue weighted by molar-refractivity contribution is 5.99. The van der Waals surface area contributed by atoms with Crippen molar-refractivity contribution in [2.24, 2.45) is 0 Å². The van der Waals surface area contributed by atoms with E-state index in [4.69, 9.17) is 4.74 Å². The molecule has 0 spiro atoms. The summed E-state index contributed by atoms with van der Waals surface area (Å²) in [5, 5.41) is 5.73. The van der Waals surface area contributed by atoms with Crippen LogP contribution >= 0.6 is 0 Å². The third-order valence-corrected chi connectivity index (χ3v) is 6.28. The molecule has 2 unspecified atom stereocenters. The van der Waals surface area contributed by atoms with Crippen molar-refractivity contribution in [1.29, 1.82) is 0 Å². The number of rotatable bonds is 9. The molecule has 2 aromatic rings. The van der Waals surface area contributed by atoms with Crippen LogP contribution in [0, 0.1) is 27.7 Å². The number of alkyl carbamates (subject to hydrolysis) is 1. The highest BCUT2D eigenvalue weighted by Crippen LogP contribution is 2.28. The number of benzene rings is 2. The Kier molecular flexibility index (Phi) is 10.3. The number of ether oxygens (including phenoxy) is 1. The Balaban J connectivity index is 2.50. The lowest BCUT2D eigenvalue weighted by atomic mass is 9.97. The van der Waals surface area contributed by atoms with Gasteiger partial charge in [-0.05, 0) is 89.6 Å². The summed E-state index contributed by atoms with van der Waals surface area (Å²) in [6, 6.07) is 9.91. The zero-order valence-electron chi connectivity index (χ0n) is 23.8. The molecule has 0 fully saturated rings. The molecular weight excluding hydrogens is 466 g/mol. The standard InChI is InChI=1S/C30H43N3O4/c1-10-11-17-33(28(35)23(6)31-29(36)37-30(7,8)9)26(24-16-15-19(2)22(5)18-24)27(34)32-25-20(3)13-12-14-21(25)4/h12-16,18,23,26H,10-11,17H2,1-9H3,(H,31,36)(H,32,34). The van der Waals surface area contributed by atoms with Gasteiger partial charge in [0, 0.05) is 12.2 Å². The summed E-state index contributed by atoms with van der Waals surface area (Å²) in [6.07, 6.45) is 0.880. The largest absolute Gasteiger partial charge is 0.444 e. The molecule has 3 amide bonds. The number of para-hydroxylation sites is 1. The van der Waals surface area contributed by atoms with Gasteiger partial charge in [0.25, 0.3) is 5.91 Å². The van der Waals surface area contributed by atoms with Crippen molar-refractivity contribution in [1.82, 2.24) is 10.2 Å². The number of carbonyl (C=O) groups excluding carboxylic acids is 3. The van der Waals surface area contributed by atoms with Gasteiger partial charge in [-0.3, -0.25) is 9.59 Å². The SMILES string of the molecule is CCCCN(C(=O)C(C)NC(=O)OC(C)(C)C)C(C(=O)Nc1c(C)cccc1C)c1ccc(C)c(C)c1. The fraction of sp³-hybridized carbons (Fsp3) is 0.500. The lowest BCUT2D eigenvalue weighted by Gasteiger charge is -2.34. The van der Waals surface area contributed by atoms with Crippen molar-refractivity contribution in [3.8, 4) is 0 Å². The van der Waals surface area contributed by atoms with Crippen LogP contribution in [0.1, 0.15) is 81.3 Å². The number of hydrogen-bond donors (Lipinski definition) is 2. The summed E-state index contributed by atoms with van der Waals surface area (Å²) in [5.74, 6) is -0.645. The highest BCUT2D eigenvalue weighted by Gasteiger charge is 2.35. The van der Waals surface area contributed by atoms with E-state index in [1.165, 1.54) is 0 Å². The summed E-state index contributed by atoms with van der Waals surface area (Å²) in [5.41, 5.74) is 4.79. The lowest BCUT2D eigenvalue weighted by molar-refractivity contribution is -0.140. The van der Waals surface area contributed by atoms with Crippen LogP contribution in [-0.4, -0.2) is 41.0 Å². The van der Waals surface area contributed by atoms with Crippen LogP contribution < -0.4 is 10.6 Å². The van der Waals surface area contributed by atoms with Crippen LogP contribution in [0.15, 0.2) is 36.4 Å². The fourth-order valence-electron chi connectivity index (χ4n) is 4.10. The summed E-state index contributed by atoms with van der Waals surface area (Å²) >= 11 is 0. The Morgan fingerprint density at radius 3 is 2.11 bits per heavy atom. The van der Waals surface area contributed by atoms with Crippen LogP contribution in [-0.2, 0) is 14.3 Å². The number of carbonyl (C=O) groups is 3. The van der Waals surface area contributed by atoms with E-state index in [2.05, 4.69) is 10.6 Å². The first-order chi connectivity index (χ1) is 17.2. The maximum absolute atomic E-state index is 13.9. The van der Waals surface area contributed by atoms with Gasteiger partial charge >= 0.3 is 6.09 Å². The lowest BCUT2D eigenvalue weighted by Crippen LogP contribution is -2.51. The minimum atomic E-state index is -0.881. The zero-order valence-corrected chi connectivity index (χ0v) is 23.8. The number of nitrogens with zero attached hydrogens (tertiary/aromatic N) is 1. The van der Waals surface area contributed by atoms with Crippen molar-refractivity contribution in [3.05, 3.63) is 64.2 Å². The van der Waals surface area contributed by atoms with E-state index in [0.717, 1.165) is 39.9 Å². The van der Waals surface area contributed by atoms with Crippen molar-refractivity contribution < 1.29 is 19.1 Å². The predicted octanol–water partition coefficient (Wildman–Crippen LogP) is 6.14. The molecule has 0 aliphatic heterocycles. The normalized spacial score (nSPS) is 12.9. The Hall–Kier alpha value is -3.35. The van der Waals surface area contributed by atoms with Crippen molar-refractivity contribution in [2.75, 3.05) is 11.9 Å². The van der Waals surface area contributed by atoms with Crippen LogP contribution in [0.5, 0.6) is 0 Å². The molecule has 37 heavy (non-hydrogen) atoms. The first-order valence-corrected chi connectivity index (χ1v) is 13.0. The summed E-state index contributed by atoms with van der Waals surface area (Å²) in [6.45, 7) is 17.2. The first-order valence-electron chi connectivity index (χ1n) is 13.0. The fourth-order valence-corrected chi connectivity index (χ4v) is 4.10. The molecule has 7 heteroatoms. The maximum Gasteiger partial charge on any atom is 0.408 e. The monoisotopic (exact) mass is 509 g/mol. The molecule has 2 atom stereocenters. The molecule has 2 rings (SSSR count). The molecule has 2 N–H and O–H groups in total. The number of aryl methyl sites for hydroxylation is 4. The number of nitrogens with one attached hydrogen (secondary N) is 2. The Morgan fingerprint density at radius 2 is 1.57 bits per heavy atom. The second kappa shape index (κ2) is 12.7. The molecule has 0 saturated carbocycles. The van der Waals surface area contributed by atoms with Gasteiger partial charge in [-0.25, -0.2) is 4.79 Å². The van der Waals surface area contributed by atoms with Crippen molar-refractivity contribution in [2.45, 2.75) is 92.8 Å². The molecule has 0 aliphatic carbocycles. The molecular formula is C30H43N3O4. The van der Waals surface area contributed by atoms with Gasteiger partial charge in [-0.1, -0.05) is 49.7 Å². The minimum Gasteiger partial charge on any atom is -0.444 e. The number of unbranched alkanes of at least 4 members (excludes halogenated alkanes) is 1. The van der Waals surface area contributed by atoms with Gasteiger partial charge in [0.1, 0.15) is 17.7 Å². The average molecular weight is 510 g/mol.